The first kappa shape index (κ1) is 21.4. The van der Waals surface area contributed by atoms with E-state index in [1.54, 1.807) is 36.7 Å². The van der Waals surface area contributed by atoms with Crippen molar-refractivity contribution >= 4 is 32.4 Å². The number of methoxy groups -OCH3 is 2. The fraction of sp³-hybridized carbons (Fsp3) is 0.348. The third-order valence-corrected chi connectivity index (χ3v) is 7.67. The molecule has 0 amide bonds. The molecule has 1 aromatic heterocycles. The minimum atomic E-state index is -3.51. The molecular formula is C23H27N3O4S. The molecule has 31 heavy (non-hydrogen) atoms. The highest BCUT2D eigenvalue weighted by Gasteiger charge is 2.31. The Balaban J connectivity index is 1.60. The summed E-state index contributed by atoms with van der Waals surface area (Å²) >= 11 is 0. The van der Waals surface area contributed by atoms with Gasteiger partial charge >= 0.3 is 0 Å². The lowest BCUT2D eigenvalue weighted by Crippen LogP contribution is -2.41. The van der Waals surface area contributed by atoms with E-state index in [1.165, 1.54) is 0 Å². The third kappa shape index (κ3) is 4.31. The van der Waals surface area contributed by atoms with Gasteiger partial charge in [0.2, 0.25) is 10.0 Å². The lowest BCUT2D eigenvalue weighted by molar-refractivity contribution is 0.268. The van der Waals surface area contributed by atoms with Crippen molar-refractivity contribution in [1.29, 1.82) is 0 Å². The van der Waals surface area contributed by atoms with Gasteiger partial charge in [-0.2, -0.15) is 4.31 Å². The molecule has 1 aliphatic rings. The highest BCUT2D eigenvalue weighted by Crippen LogP contribution is 2.32. The molecular weight excluding hydrogens is 414 g/mol. The summed E-state index contributed by atoms with van der Waals surface area (Å²) in [6.45, 7) is 2.55. The van der Waals surface area contributed by atoms with Gasteiger partial charge in [0, 0.05) is 29.7 Å². The predicted octanol–water partition coefficient (Wildman–Crippen LogP) is 4.56. The van der Waals surface area contributed by atoms with Crippen LogP contribution in [0.15, 0.2) is 53.4 Å². The quantitative estimate of drug-likeness (QED) is 0.604. The Morgan fingerprint density at radius 2 is 1.81 bits per heavy atom. The third-order valence-electron chi connectivity index (χ3n) is 5.67. The maximum Gasteiger partial charge on any atom is 0.243 e. The van der Waals surface area contributed by atoms with Crippen LogP contribution in [0, 0.1) is 0 Å². The number of ether oxygens (including phenoxy) is 2. The van der Waals surface area contributed by atoms with Gasteiger partial charge in [0.25, 0.3) is 0 Å². The van der Waals surface area contributed by atoms with E-state index in [9.17, 15) is 8.42 Å². The normalized spacial score (nSPS) is 17.5. The summed E-state index contributed by atoms with van der Waals surface area (Å²) in [5.41, 5.74) is 1.53. The molecule has 1 atom stereocenters. The molecule has 2 aromatic carbocycles. The number of hydrogen-bond acceptors (Lipinski definition) is 6. The second-order valence-electron chi connectivity index (χ2n) is 7.71. The number of rotatable bonds is 6. The zero-order valence-electron chi connectivity index (χ0n) is 18.0. The summed E-state index contributed by atoms with van der Waals surface area (Å²) in [5, 5.41) is 4.03. The Labute approximate surface area is 183 Å². The molecule has 1 fully saturated rings. The van der Waals surface area contributed by atoms with Crippen LogP contribution in [0.5, 0.6) is 11.5 Å². The number of anilines is 2. The minimum absolute atomic E-state index is 0.0284. The average molecular weight is 442 g/mol. The van der Waals surface area contributed by atoms with Crippen molar-refractivity contribution in [1.82, 2.24) is 9.29 Å². The van der Waals surface area contributed by atoms with Crippen LogP contribution in [-0.4, -0.2) is 44.5 Å². The van der Waals surface area contributed by atoms with Gasteiger partial charge in [0.05, 0.1) is 24.6 Å². The van der Waals surface area contributed by atoms with E-state index < -0.39 is 10.0 Å². The molecule has 2 heterocycles. The van der Waals surface area contributed by atoms with E-state index >= 15 is 0 Å². The first-order valence-electron chi connectivity index (χ1n) is 10.3. The smallest absolute Gasteiger partial charge is 0.243 e. The maximum atomic E-state index is 13.1. The number of fused-ring (bicyclic) bond motifs is 1. The van der Waals surface area contributed by atoms with E-state index in [1.807, 2.05) is 37.3 Å². The molecule has 0 spiro atoms. The number of hydrogen-bond donors (Lipinski definition) is 1. The van der Waals surface area contributed by atoms with Crippen LogP contribution in [0.3, 0.4) is 0 Å². The van der Waals surface area contributed by atoms with Crippen LogP contribution in [-0.2, 0) is 10.0 Å². The predicted molar refractivity (Wildman–Crippen MR) is 122 cm³/mol. The van der Waals surface area contributed by atoms with Crippen molar-refractivity contribution in [2.75, 3.05) is 26.1 Å². The van der Waals surface area contributed by atoms with Crippen molar-refractivity contribution in [3.05, 3.63) is 48.5 Å². The Morgan fingerprint density at radius 1 is 1.00 bits per heavy atom. The zero-order chi connectivity index (χ0) is 22.0. The van der Waals surface area contributed by atoms with E-state index in [0.717, 1.165) is 35.9 Å². The Morgan fingerprint density at radius 3 is 2.55 bits per heavy atom. The molecule has 0 saturated carbocycles. The van der Waals surface area contributed by atoms with Crippen LogP contribution < -0.4 is 14.8 Å². The summed E-state index contributed by atoms with van der Waals surface area (Å²) in [4.78, 5) is 4.94. The molecule has 0 bridgehead atoms. The lowest BCUT2D eigenvalue weighted by atomic mass is 10.1. The highest BCUT2D eigenvalue weighted by atomic mass is 32.2. The van der Waals surface area contributed by atoms with Crippen molar-refractivity contribution in [2.24, 2.45) is 0 Å². The van der Waals surface area contributed by atoms with Gasteiger partial charge in [-0.05, 0) is 62.2 Å². The Kier molecular flexibility index (Phi) is 6.02. The second-order valence-corrected chi connectivity index (χ2v) is 9.60. The molecule has 1 saturated heterocycles. The van der Waals surface area contributed by atoms with Gasteiger partial charge in [0.15, 0.2) is 11.5 Å². The minimum Gasteiger partial charge on any atom is -0.493 e. The van der Waals surface area contributed by atoms with Crippen molar-refractivity contribution in [2.45, 2.75) is 37.1 Å². The second kappa shape index (κ2) is 8.72. The van der Waals surface area contributed by atoms with Gasteiger partial charge in [-0.3, -0.25) is 0 Å². The monoisotopic (exact) mass is 441 g/mol. The summed E-state index contributed by atoms with van der Waals surface area (Å²) < 4.78 is 38.5. The van der Waals surface area contributed by atoms with E-state index in [0.29, 0.717) is 28.8 Å². The number of benzene rings is 2. The average Bonchev–Trinajstić information content (AvgIpc) is 2.78. The van der Waals surface area contributed by atoms with Crippen LogP contribution >= 0.6 is 0 Å². The number of aromatic nitrogens is 1. The molecule has 0 aliphatic carbocycles. The highest BCUT2D eigenvalue weighted by molar-refractivity contribution is 7.89. The Hall–Kier alpha value is -2.84. The van der Waals surface area contributed by atoms with Gasteiger partial charge in [-0.25, -0.2) is 13.4 Å². The van der Waals surface area contributed by atoms with E-state index in [4.69, 9.17) is 9.47 Å². The topological polar surface area (TPSA) is 80.8 Å². The summed E-state index contributed by atoms with van der Waals surface area (Å²) in [5.74, 6) is 1.92. The molecule has 8 heteroatoms. The molecule has 0 radical (unpaired) electrons. The SMILES string of the molecule is COc1ccc(Nc2ccc3cc(S(=O)(=O)N4CCCC[C@@H]4C)ccc3n2)cc1OC. The van der Waals surface area contributed by atoms with Crippen molar-refractivity contribution in [3.63, 3.8) is 0 Å². The summed E-state index contributed by atoms with van der Waals surface area (Å²) in [7, 11) is -0.329. The number of sulfonamides is 1. The molecule has 1 N–H and O–H groups in total. The van der Waals surface area contributed by atoms with Crippen molar-refractivity contribution in [3.8, 4) is 11.5 Å². The Bertz CT molecular complexity index is 1200. The fourth-order valence-electron chi connectivity index (χ4n) is 3.96. The standard InChI is InChI=1S/C23H27N3O4S/c1-16-6-4-5-13-26(16)31(27,28)19-9-10-20-17(14-19)7-12-23(25-20)24-18-8-11-21(29-2)22(15-18)30-3/h7-12,14-16H,4-6,13H2,1-3H3,(H,24,25)/t16-/m0/s1. The summed E-state index contributed by atoms with van der Waals surface area (Å²) in [6.07, 6.45) is 2.88. The molecule has 164 valence electrons. The van der Waals surface area contributed by atoms with Crippen LogP contribution in [0.2, 0.25) is 0 Å². The van der Waals surface area contributed by atoms with Crippen LogP contribution in [0.25, 0.3) is 10.9 Å². The fourth-order valence-corrected chi connectivity index (χ4v) is 5.70. The first-order chi connectivity index (χ1) is 14.9. The van der Waals surface area contributed by atoms with Gasteiger partial charge in [-0.1, -0.05) is 6.42 Å². The number of pyridine rings is 1. The number of piperidine rings is 1. The molecule has 1 aliphatic heterocycles. The molecule has 4 rings (SSSR count). The maximum absolute atomic E-state index is 13.1. The molecule has 7 nitrogen and oxygen atoms in total. The summed E-state index contributed by atoms with van der Waals surface area (Å²) in [6, 6.07) is 14.4. The van der Waals surface area contributed by atoms with E-state index in [-0.39, 0.29) is 6.04 Å². The van der Waals surface area contributed by atoms with Crippen molar-refractivity contribution < 1.29 is 17.9 Å². The zero-order valence-corrected chi connectivity index (χ0v) is 18.8. The largest absolute Gasteiger partial charge is 0.493 e. The van der Waals surface area contributed by atoms with Gasteiger partial charge < -0.3 is 14.8 Å². The van der Waals surface area contributed by atoms with Gasteiger partial charge in [-0.15, -0.1) is 0 Å². The first-order valence-corrected chi connectivity index (χ1v) is 11.8. The van der Waals surface area contributed by atoms with Crippen LogP contribution in [0.1, 0.15) is 26.2 Å². The molecule has 0 unspecified atom stereocenters. The van der Waals surface area contributed by atoms with Crippen LogP contribution in [0.4, 0.5) is 11.5 Å². The van der Waals surface area contributed by atoms with E-state index in [2.05, 4.69) is 10.3 Å². The number of nitrogens with zero attached hydrogens (tertiary/aromatic N) is 2. The molecule has 3 aromatic rings. The lowest BCUT2D eigenvalue weighted by Gasteiger charge is -2.32. The number of nitrogens with one attached hydrogen (secondary N) is 1. The van der Waals surface area contributed by atoms with Gasteiger partial charge in [0.1, 0.15) is 5.82 Å².